The van der Waals surface area contributed by atoms with E-state index in [1.807, 2.05) is 30.3 Å². The lowest BCUT2D eigenvalue weighted by Crippen LogP contribution is -2.27. The minimum atomic E-state index is -0.188. The van der Waals surface area contributed by atoms with Gasteiger partial charge in [-0.15, -0.1) is 0 Å². The van der Waals surface area contributed by atoms with Gasteiger partial charge in [0.1, 0.15) is 0 Å². The summed E-state index contributed by atoms with van der Waals surface area (Å²) in [5, 5.41) is 4.87. The highest BCUT2D eigenvalue weighted by Gasteiger charge is 2.11. The Labute approximate surface area is 116 Å². The molecule has 0 fully saturated rings. The quantitative estimate of drug-likeness (QED) is 0.689. The number of benzene rings is 1. The Morgan fingerprint density at radius 2 is 1.80 bits per heavy atom. The minimum absolute atomic E-state index is 0.188. The van der Waals surface area contributed by atoms with Gasteiger partial charge in [0.2, 0.25) is 0 Å². The maximum Gasteiger partial charge on any atom is 0.321 e. The molecule has 3 aromatic rings. The van der Waals surface area contributed by atoms with Crippen LogP contribution < -0.4 is 5.32 Å². The normalized spacial score (nSPS) is 10.7. The highest BCUT2D eigenvalue weighted by atomic mass is 16.2. The molecule has 0 unspecified atom stereocenters. The number of pyridine rings is 2. The van der Waals surface area contributed by atoms with E-state index in [0.29, 0.717) is 5.69 Å². The van der Waals surface area contributed by atoms with Crippen molar-refractivity contribution in [2.24, 2.45) is 0 Å². The number of fused-ring (bicyclic) bond motifs is 3. The van der Waals surface area contributed by atoms with Crippen LogP contribution in [0.5, 0.6) is 0 Å². The minimum Gasteiger partial charge on any atom is -0.331 e. The Morgan fingerprint density at radius 1 is 1.10 bits per heavy atom. The number of amides is 2. The number of rotatable bonds is 1. The smallest absolute Gasteiger partial charge is 0.321 e. The lowest BCUT2D eigenvalue weighted by molar-refractivity contribution is 0.231. The van der Waals surface area contributed by atoms with Crippen molar-refractivity contribution in [2.45, 2.75) is 0 Å². The van der Waals surface area contributed by atoms with Crippen LogP contribution >= 0.6 is 0 Å². The maximum absolute atomic E-state index is 11.9. The fourth-order valence-electron chi connectivity index (χ4n) is 2.12. The molecule has 1 N–H and O–H groups in total. The summed E-state index contributed by atoms with van der Waals surface area (Å²) in [6.45, 7) is 0. The third-order valence-corrected chi connectivity index (χ3v) is 3.12. The van der Waals surface area contributed by atoms with Crippen LogP contribution in [0.25, 0.3) is 21.8 Å². The first-order valence-corrected chi connectivity index (χ1v) is 6.27. The molecule has 0 aliphatic rings. The van der Waals surface area contributed by atoms with E-state index in [-0.39, 0.29) is 6.03 Å². The molecule has 0 spiro atoms. The molecule has 0 aliphatic heterocycles. The topological polar surface area (TPSA) is 58.1 Å². The Bertz CT molecular complexity index is 798. The Kier molecular flexibility index (Phi) is 2.95. The van der Waals surface area contributed by atoms with Gasteiger partial charge in [0.25, 0.3) is 0 Å². The second kappa shape index (κ2) is 4.77. The number of hydrogen-bond acceptors (Lipinski definition) is 3. The van der Waals surface area contributed by atoms with E-state index in [2.05, 4.69) is 15.3 Å². The van der Waals surface area contributed by atoms with Crippen molar-refractivity contribution in [3.63, 3.8) is 0 Å². The molecule has 0 radical (unpaired) electrons. The van der Waals surface area contributed by atoms with Crippen LogP contribution in [-0.2, 0) is 0 Å². The molecule has 100 valence electrons. The van der Waals surface area contributed by atoms with E-state index in [0.717, 1.165) is 21.8 Å². The van der Waals surface area contributed by atoms with Gasteiger partial charge in [0.05, 0.1) is 16.7 Å². The van der Waals surface area contributed by atoms with Crippen molar-refractivity contribution in [3.05, 3.63) is 42.7 Å². The van der Waals surface area contributed by atoms with E-state index in [4.69, 9.17) is 0 Å². The van der Waals surface area contributed by atoms with Crippen LogP contribution in [0.15, 0.2) is 42.7 Å². The summed E-state index contributed by atoms with van der Waals surface area (Å²) >= 11 is 0. The molecule has 0 saturated heterocycles. The van der Waals surface area contributed by atoms with Gasteiger partial charge in [-0.3, -0.25) is 9.97 Å². The van der Waals surface area contributed by atoms with Crippen LogP contribution in [0.2, 0.25) is 0 Å². The van der Waals surface area contributed by atoms with E-state index in [9.17, 15) is 4.79 Å². The summed E-state index contributed by atoms with van der Waals surface area (Å²) in [6, 6.07) is 9.43. The van der Waals surface area contributed by atoms with Crippen molar-refractivity contribution in [1.82, 2.24) is 14.9 Å². The Balaban J connectivity index is 2.26. The molecule has 1 aromatic carbocycles. The van der Waals surface area contributed by atoms with Crippen LogP contribution in [0, 0.1) is 0 Å². The highest BCUT2D eigenvalue weighted by molar-refractivity contribution is 6.12. The predicted molar refractivity (Wildman–Crippen MR) is 79.7 cm³/mol. The van der Waals surface area contributed by atoms with Crippen LogP contribution in [0.3, 0.4) is 0 Å². The maximum atomic E-state index is 11.9. The third kappa shape index (κ3) is 2.03. The number of nitrogens with one attached hydrogen (secondary N) is 1. The number of urea groups is 1. The van der Waals surface area contributed by atoms with Gasteiger partial charge in [0, 0.05) is 37.3 Å². The van der Waals surface area contributed by atoms with Gasteiger partial charge in [0.15, 0.2) is 0 Å². The largest absolute Gasteiger partial charge is 0.331 e. The molecule has 0 saturated carbocycles. The Morgan fingerprint density at radius 3 is 2.55 bits per heavy atom. The van der Waals surface area contributed by atoms with Gasteiger partial charge in [-0.05, 0) is 18.2 Å². The van der Waals surface area contributed by atoms with Gasteiger partial charge >= 0.3 is 6.03 Å². The zero-order valence-corrected chi connectivity index (χ0v) is 11.3. The van der Waals surface area contributed by atoms with Crippen molar-refractivity contribution in [3.8, 4) is 0 Å². The second-order valence-corrected chi connectivity index (χ2v) is 4.72. The van der Waals surface area contributed by atoms with E-state index < -0.39 is 0 Å². The molecule has 5 nitrogen and oxygen atoms in total. The summed E-state index contributed by atoms with van der Waals surface area (Å²) in [6.07, 6.45) is 3.46. The van der Waals surface area contributed by atoms with Crippen LogP contribution in [-0.4, -0.2) is 35.0 Å². The number of aromatic nitrogens is 2. The molecule has 2 aromatic heterocycles. The van der Waals surface area contributed by atoms with Crippen molar-refractivity contribution < 1.29 is 4.79 Å². The zero-order chi connectivity index (χ0) is 14.1. The lowest BCUT2D eigenvalue weighted by Gasteiger charge is -2.14. The first-order valence-electron chi connectivity index (χ1n) is 6.27. The van der Waals surface area contributed by atoms with Gasteiger partial charge < -0.3 is 10.2 Å². The van der Waals surface area contributed by atoms with Crippen molar-refractivity contribution >= 4 is 33.5 Å². The summed E-state index contributed by atoms with van der Waals surface area (Å²) in [4.78, 5) is 22.1. The second-order valence-electron chi connectivity index (χ2n) is 4.72. The SMILES string of the molecule is CN(C)C(=O)Nc1cc2ncccc2c2cccnc12. The first kappa shape index (κ1) is 12.3. The lowest BCUT2D eigenvalue weighted by atomic mass is 10.1. The third-order valence-electron chi connectivity index (χ3n) is 3.12. The Hall–Kier alpha value is -2.69. The fraction of sp³-hybridized carbons (Fsp3) is 0.133. The van der Waals surface area contributed by atoms with Crippen LogP contribution in [0.4, 0.5) is 10.5 Å². The van der Waals surface area contributed by atoms with Gasteiger partial charge in [-0.2, -0.15) is 0 Å². The van der Waals surface area contributed by atoms with E-state index >= 15 is 0 Å². The summed E-state index contributed by atoms with van der Waals surface area (Å²) in [5.74, 6) is 0. The average Bonchev–Trinajstić information content (AvgIpc) is 2.47. The first-order chi connectivity index (χ1) is 9.66. The van der Waals surface area contributed by atoms with Gasteiger partial charge in [-0.25, -0.2) is 4.79 Å². The van der Waals surface area contributed by atoms with Crippen LogP contribution in [0.1, 0.15) is 0 Å². The zero-order valence-electron chi connectivity index (χ0n) is 11.3. The standard InChI is InChI=1S/C15H14N4O/c1-19(2)15(20)18-13-9-12-10(5-3-7-16-12)11-6-4-8-17-14(11)13/h3-9H,1-2H3,(H,18,20). The van der Waals surface area contributed by atoms with E-state index in [1.165, 1.54) is 4.90 Å². The summed E-state index contributed by atoms with van der Waals surface area (Å²) in [5.41, 5.74) is 2.27. The number of carbonyl (C=O) groups excluding carboxylic acids is 1. The molecule has 20 heavy (non-hydrogen) atoms. The summed E-state index contributed by atoms with van der Waals surface area (Å²) in [7, 11) is 3.40. The number of carbonyl (C=O) groups is 1. The molecule has 5 heteroatoms. The fourth-order valence-corrected chi connectivity index (χ4v) is 2.12. The van der Waals surface area contributed by atoms with Gasteiger partial charge in [-0.1, -0.05) is 12.1 Å². The average molecular weight is 266 g/mol. The summed E-state index contributed by atoms with van der Waals surface area (Å²) < 4.78 is 0. The number of nitrogens with zero attached hydrogens (tertiary/aromatic N) is 3. The molecule has 0 aliphatic carbocycles. The molecule has 0 atom stereocenters. The van der Waals surface area contributed by atoms with Crippen molar-refractivity contribution in [1.29, 1.82) is 0 Å². The number of hydrogen-bond donors (Lipinski definition) is 1. The van der Waals surface area contributed by atoms with E-state index in [1.54, 1.807) is 26.5 Å². The predicted octanol–water partition coefficient (Wildman–Crippen LogP) is 2.88. The molecule has 3 rings (SSSR count). The molecule has 0 bridgehead atoms. The highest BCUT2D eigenvalue weighted by Crippen LogP contribution is 2.29. The number of anilines is 1. The monoisotopic (exact) mass is 266 g/mol. The molecule has 2 amide bonds. The molecular formula is C15H14N4O. The van der Waals surface area contributed by atoms with Crippen molar-refractivity contribution in [2.75, 3.05) is 19.4 Å². The molecule has 2 heterocycles. The molecular weight excluding hydrogens is 252 g/mol.